The van der Waals surface area contributed by atoms with Gasteiger partial charge in [-0.1, -0.05) is 55.5 Å². The lowest BCUT2D eigenvalue weighted by Gasteiger charge is -2.17. The minimum atomic E-state index is -1.13. The zero-order valence-electron chi connectivity index (χ0n) is 17.3. The second-order valence-corrected chi connectivity index (χ2v) is 7.67. The van der Waals surface area contributed by atoms with Crippen molar-refractivity contribution in [1.29, 1.82) is 0 Å². The van der Waals surface area contributed by atoms with Crippen molar-refractivity contribution >= 4 is 12.1 Å². The molecule has 1 heterocycles. The average Bonchev–Trinajstić information content (AvgIpc) is 3.34. The molecular formula is C24H25N3O4. The summed E-state index contributed by atoms with van der Waals surface area (Å²) in [7, 11) is 0. The molecule has 0 saturated carbocycles. The van der Waals surface area contributed by atoms with Crippen molar-refractivity contribution < 1.29 is 19.4 Å². The lowest BCUT2D eigenvalue weighted by molar-refractivity contribution is -0.139. The Kier molecular flexibility index (Phi) is 6.02. The number of carboxylic acid groups (broad SMARTS) is 1. The monoisotopic (exact) mass is 419 g/mol. The molecule has 160 valence electrons. The Labute approximate surface area is 180 Å². The van der Waals surface area contributed by atoms with Gasteiger partial charge in [-0.3, -0.25) is 0 Å². The first kappa shape index (κ1) is 20.7. The van der Waals surface area contributed by atoms with Gasteiger partial charge in [-0.05, 0) is 28.7 Å². The number of nitrogens with zero attached hydrogens (tertiary/aromatic N) is 2. The summed E-state index contributed by atoms with van der Waals surface area (Å²) >= 11 is 0. The van der Waals surface area contributed by atoms with Gasteiger partial charge in [-0.2, -0.15) is 0 Å². The molecule has 7 heteroatoms. The first-order valence-corrected chi connectivity index (χ1v) is 10.4. The molecule has 0 fully saturated rings. The number of fused-ring (bicyclic) bond motifs is 3. The Morgan fingerprint density at radius 2 is 1.77 bits per heavy atom. The largest absolute Gasteiger partial charge is 0.480 e. The van der Waals surface area contributed by atoms with Crippen molar-refractivity contribution in [2.45, 2.75) is 38.3 Å². The molecule has 31 heavy (non-hydrogen) atoms. The summed E-state index contributed by atoms with van der Waals surface area (Å²) in [5, 5.41) is 12.0. The van der Waals surface area contributed by atoms with Crippen molar-refractivity contribution in [2.24, 2.45) is 0 Å². The van der Waals surface area contributed by atoms with Crippen LogP contribution >= 0.6 is 0 Å². The summed E-state index contributed by atoms with van der Waals surface area (Å²) in [5.74, 6) is -1.20. The Bertz CT molecular complexity index is 1050. The molecule has 1 aromatic heterocycles. The molecule has 1 aliphatic carbocycles. The number of amides is 1. The summed E-state index contributed by atoms with van der Waals surface area (Å²) in [5.41, 5.74) is 5.09. The van der Waals surface area contributed by atoms with Crippen LogP contribution in [-0.4, -0.2) is 39.4 Å². The molecule has 0 aliphatic heterocycles. The number of carbonyl (C=O) groups excluding carboxylic acids is 1. The van der Waals surface area contributed by atoms with Gasteiger partial charge in [0.05, 0.1) is 12.0 Å². The molecule has 0 spiro atoms. The molecule has 0 saturated heterocycles. The van der Waals surface area contributed by atoms with Gasteiger partial charge in [0.15, 0.2) is 0 Å². The van der Waals surface area contributed by atoms with E-state index in [0.717, 1.165) is 35.2 Å². The van der Waals surface area contributed by atoms with E-state index in [2.05, 4.69) is 29.4 Å². The van der Waals surface area contributed by atoms with Crippen LogP contribution in [0.25, 0.3) is 11.1 Å². The van der Waals surface area contributed by atoms with Crippen molar-refractivity contribution in [2.75, 3.05) is 6.61 Å². The molecular weight excluding hydrogens is 394 g/mol. The van der Waals surface area contributed by atoms with Crippen LogP contribution in [0.15, 0.2) is 61.1 Å². The van der Waals surface area contributed by atoms with E-state index in [1.165, 1.54) is 0 Å². The number of benzene rings is 2. The van der Waals surface area contributed by atoms with E-state index in [1.807, 2.05) is 41.0 Å². The highest BCUT2D eigenvalue weighted by Gasteiger charge is 2.30. The Morgan fingerprint density at radius 1 is 1.13 bits per heavy atom. The van der Waals surface area contributed by atoms with Crippen molar-refractivity contribution in [1.82, 2.24) is 14.9 Å². The smallest absolute Gasteiger partial charge is 0.407 e. The minimum Gasteiger partial charge on any atom is -0.480 e. The van der Waals surface area contributed by atoms with Gasteiger partial charge < -0.3 is 19.7 Å². The lowest BCUT2D eigenvalue weighted by atomic mass is 9.98. The SMILES string of the molecule is CCCn1cnc(C[C@H](NC(=O)OCC2c3ccccc3-c3ccccc32)C(=O)O)c1. The van der Waals surface area contributed by atoms with E-state index in [-0.39, 0.29) is 18.9 Å². The molecule has 7 nitrogen and oxygen atoms in total. The summed E-state index contributed by atoms with van der Waals surface area (Å²) in [6.07, 6.45) is 3.78. The molecule has 2 N–H and O–H groups in total. The number of hydrogen-bond acceptors (Lipinski definition) is 4. The standard InChI is InChI=1S/C24H25N3O4/c1-2-11-27-13-16(25-15-27)12-22(23(28)29)26-24(30)31-14-21-19-9-5-3-7-17(19)18-8-4-6-10-20(18)21/h3-10,13,15,21-22H,2,11-12,14H2,1H3,(H,26,30)(H,28,29)/t22-/m0/s1. The highest BCUT2D eigenvalue weighted by atomic mass is 16.5. The van der Waals surface area contributed by atoms with Crippen LogP contribution in [0.3, 0.4) is 0 Å². The fraction of sp³-hybridized carbons (Fsp3) is 0.292. The number of alkyl carbamates (subject to hydrolysis) is 1. The third kappa shape index (κ3) is 4.45. The van der Waals surface area contributed by atoms with Crippen LogP contribution in [0, 0.1) is 0 Å². The maximum absolute atomic E-state index is 12.4. The van der Waals surface area contributed by atoms with Gasteiger partial charge >= 0.3 is 12.1 Å². The zero-order valence-corrected chi connectivity index (χ0v) is 17.3. The molecule has 0 bridgehead atoms. The topological polar surface area (TPSA) is 93.5 Å². The molecule has 1 amide bonds. The van der Waals surface area contributed by atoms with Gasteiger partial charge in [-0.25, -0.2) is 14.6 Å². The minimum absolute atomic E-state index is 0.0776. The summed E-state index contributed by atoms with van der Waals surface area (Å²) < 4.78 is 7.37. The van der Waals surface area contributed by atoms with Crippen LogP contribution in [-0.2, 0) is 22.5 Å². The Hall–Kier alpha value is -3.61. The summed E-state index contributed by atoms with van der Waals surface area (Å²) in [4.78, 5) is 28.3. The third-order valence-corrected chi connectivity index (χ3v) is 5.52. The first-order chi connectivity index (χ1) is 15.1. The van der Waals surface area contributed by atoms with Crippen LogP contribution < -0.4 is 5.32 Å². The fourth-order valence-electron chi connectivity index (χ4n) is 4.08. The number of rotatable bonds is 8. The van der Waals surface area contributed by atoms with Crippen LogP contribution in [0.2, 0.25) is 0 Å². The normalized spacial score (nSPS) is 13.3. The van der Waals surface area contributed by atoms with E-state index in [4.69, 9.17) is 4.74 Å². The number of aliphatic carboxylic acids is 1. The summed E-state index contributed by atoms with van der Waals surface area (Å²) in [6.45, 7) is 3.00. The van der Waals surface area contributed by atoms with Crippen LogP contribution in [0.1, 0.15) is 36.1 Å². The molecule has 2 aromatic carbocycles. The highest BCUT2D eigenvalue weighted by Crippen LogP contribution is 2.44. The maximum Gasteiger partial charge on any atom is 0.407 e. The second kappa shape index (κ2) is 9.04. The number of nitrogens with one attached hydrogen (secondary N) is 1. The number of imidazole rings is 1. The number of hydrogen-bond donors (Lipinski definition) is 2. The van der Waals surface area contributed by atoms with Crippen LogP contribution in [0.4, 0.5) is 4.79 Å². The van der Waals surface area contributed by atoms with Gasteiger partial charge in [0, 0.05) is 25.1 Å². The number of aromatic nitrogens is 2. The van der Waals surface area contributed by atoms with Crippen molar-refractivity contribution in [3.05, 3.63) is 77.9 Å². The van der Waals surface area contributed by atoms with Gasteiger partial charge in [0.2, 0.25) is 0 Å². The molecule has 3 aromatic rings. The van der Waals surface area contributed by atoms with E-state index >= 15 is 0 Å². The molecule has 1 atom stereocenters. The van der Waals surface area contributed by atoms with Gasteiger partial charge in [0.1, 0.15) is 12.6 Å². The average molecular weight is 419 g/mol. The van der Waals surface area contributed by atoms with E-state index in [9.17, 15) is 14.7 Å². The van der Waals surface area contributed by atoms with Gasteiger partial charge in [-0.15, -0.1) is 0 Å². The van der Waals surface area contributed by atoms with Gasteiger partial charge in [0.25, 0.3) is 0 Å². The number of ether oxygens (including phenoxy) is 1. The summed E-state index contributed by atoms with van der Waals surface area (Å²) in [6, 6.07) is 15.0. The zero-order chi connectivity index (χ0) is 21.8. The fourth-order valence-corrected chi connectivity index (χ4v) is 4.08. The predicted octanol–water partition coefficient (Wildman–Crippen LogP) is 3.83. The van der Waals surface area contributed by atoms with Crippen LogP contribution in [0.5, 0.6) is 0 Å². The molecule has 0 radical (unpaired) electrons. The number of carbonyl (C=O) groups is 2. The number of carboxylic acids is 1. The second-order valence-electron chi connectivity index (χ2n) is 7.67. The predicted molar refractivity (Wildman–Crippen MR) is 116 cm³/mol. The third-order valence-electron chi connectivity index (χ3n) is 5.52. The lowest BCUT2D eigenvalue weighted by Crippen LogP contribution is -2.43. The first-order valence-electron chi connectivity index (χ1n) is 10.4. The van der Waals surface area contributed by atoms with Crippen molar-refractivity contribution in [3.8, 4) is 11.1 Å². The molecule has 4 rings (SSSR count). The van der Waals surface area contributed by atoms with Crippen molar-refractivity contribution in [3.63, 3.8) is 0 Å². The molecule has 1 aliphatic rings. The highest BCUT2D eigenvalue weighted by molar-refractivity contribution is 5.81. The Balaban J connectivity index is 1.40. The Morgan fingerprint density at radius 3 is 2.39 bits per heavy atom. The van der Waals surface area contributed by atoms with E-state index < -0.39 is 18.1 Å². The number of aryl methyl sites for hydroxylation is 1. The molecule has 0 unspecified atom stereocenters. The maximum atomic E-state index is 12.4. The quantitative estimate of drug-likeness (QED) is 0.579. The van der Waals surface area contributed by atoms with E-state index in [1.54, 1.807) is 12.5 Å². The van der Waals surface area contributed by atoms with E-state index in [0.29, 0.717) is 5.69 Å².